The summed E-state index contributed by atoms with van der Waals surface area (Å²) < 4.78 is 44.9. The average molecular weight is 430 g/mol. The van der Waals surface area contributed by atoms with Crippen molar-refractivity contribution in [3.63, 3.8) is 0 Å². The number of nitrogens with zero attached hydrogens (tertiary/aromatic N) is 2. The van der Waals surface area contributed by atoms with Gasteiger partial charge in [-0.05, 0) is 45.4 Å². The predicted molar refractivity (Wildman–Crippen MR) is 105 cm³/mol. The fourth-order valence-electron chi connectivity index (χ4n) is 2.86. The lowest BCUT2D eigenvalue weighted by Gasteiger charge is -2.34. The standard InChI is InChI=1S/C19H28FN3O5S/c1-19(2,3)28-18(25)21-9-5-8-17(24)22-10-12-23(13-11-22)29(26,27)16-7-4-6-15(20)14-16/h4,6-7,14H,5,8-13H2,1-3H3,(H,21,25). The second kappa shape index (κ2) is 9.53. The van der Waals surface area contributed by atoms with Gasteiger partial charge in [0, 0.05) is 39.1 Å². The van der Waals surface area contributed by atoms with Crippen molar-refractivity contribution in [1.82, 2.24) is 14.5 Å². The Labute approximate surface area is 171 Å². The van der Waals surface area contributed by atoms with E-state index in [4.69, 9.17) is 4.74 Å². The van der Waals surface area contributed by atoms with Crippen LogP contribution in [-0.2, 0) is 19.6 Å². The third-order valence-electron chi connectivity index (χ3n) is 4.26. The van der Waals surface area contributed by atoms with Gasteiger partial charge in [0.25, 0.3) is 0 Å². The zero-order chi connectivity index (χ0) is 21.7. The molecule has 0 aliphatic carbocycles. The van der Waals surface area contributed by atoms with Crippen LogP contribution in [0.1, 0.15) is 33.6 Å². The van der Waals surface area contributed by atoms with Crippen molar-refractivity contribution in [2.75, 3.05) is 32.7 Å². The Morgan fingerprint density at radius 2 is 1.83 bits per heavy atom. The minimum absolute atomic E-state index is 0.0921. The topological polar surface area (TPSA) is 96.0 Å². The number of hydrogen-bond donors (Lipinski definition) is 1. The third kappa shape index (κ3) is 6.97. The summed E-state index contributed by atoms with van der Waals surface area (Å²) in [6.07, 6.45) is 0.174. The monoisotopic (exact) mass is 429 g/mol. The molecule has 29 heavy (non-hydrogen) atoms. The van der Waals surface area contributed by atoms with E-state index in [1.165, 1.54) is 22.5 Å². The van der Waals surface area contributed by atoms with Crippen LogP contribution >= 0.6 is 0 Å². The number of ether oxygens (including phenoxy) is 1. The molecular formula is C19H28FN3O5S. The van der Waals surface area contributed by atoms with E-state index in [0.29, 0.717) is 13.0 Å². The Morgan fingerprint density at radius 3 is 2.41 bits per heavy atom. The van der Waals surface area contributed by atoms with Gasteiger partial charge in [0.2, 0.25) is 15.9 Å². The first-order valence-corrected chi connectivity index (χ1v) is 10.9. The van der Waals surface area contributed by atoms with E-state index in [2.05, 4.69) is 5.32 Å². The number of benzene rings is 1. The van der Waals surface area contributed by atoms with Gasteiger partial charge in [-0.2, -0.15) is 4.31 Å². The molecule has 1 heterocycles. The molecule has 1 N–H and O–H groups in total. The molecule has 0 radical (unpaired) electrons. The van der Waals surface area contributed by atoms with Crippen LogP contribution in [0, 0.1) is 5.82 Å². The van der Waals surface area contributed by atoms with Crippen LogP contribution < -0.4 is 5.32 Å². The summed E-state index contributed by atoms with van der Waals surface area (Å²) in [6, 6.07) is 4.89. The van der Waals surface area contributed by atoms with E-state index in [1.54, 1.807) is 25.7 Å². The molecule has 0 aromatic heterocycles. The number of halogens is 1. The smallest absolute Gasteiger partial charge is 0.407 e. The van der Waals surface area contributed by atoms with E-state index in [9.17, 15) is 22.4 Å². The second-order valence-electron chi connectivity index (χ2n) is 7.77. The second-order valence-corrected chi connectivity index (χ2v) is 9.71. The molecule has 162 valence electrons. The zero-order valence-corrected chi connectivity index (χ0v) is 17.8. The molecule has 1 aromatic carbocycles. The number of carbonyl (C=O) groups excluding carboxylic acids is 2. The SMILES string of the molecule is CC(C)(C)OC(=O)NCCCC(=O)N1CCN(S(=O)(=O)c2cccc(F)c2)CC1. The highest BCUT2D eigenvalue weighted by molar-refractivity contribution is 7.89. The summed E-state index contributed by atoms with van der Waals surface area (Å²) in [5.74, 6) is -0.710. The van der Waals surface area contributed by atoms with E-state index in [1.807, 2.05) is 0 Å². The number of piperazine rings is 1. The van der Waals surface area contributed by atoms with Crippen molar-refractivity contribution in [3.05, 3.63) is 30.1 Å². The molecule has 8 nitrogen and oxygen atoms in total. The van der Waals surface area contributed by atoms with Gasteiger partial charge >= 0.3 is 6.09 Å². The summed E-state index contributed by atoms with van der Waals surface area (Å²) in [7, 11) is -3.79. The molecule has 0 spiro atoms. The van der Waals surface area contributed by atoms with Gasteiger partial charge in [-0.3, -0.25) is 4.79 Å². The Kier molecular flexibility index (Phi) is 7.59. The van der Waals surface area contributed by atoms with Gasteiger partial charge in [0.1, 0.15) is 11.4 Å². The molecule has 1 saturated heterocycles. The fraction of sp³-hybridized carbons (Fsp3) is 0.579. The normalized spacial score (nSPS) is 15.8. The lowest BCUT2D eigenvalue weighted by Crippen LogP contribution is -2.50. The van der Waals surface area contributed by atoms with Crippen molar-refractivity contribution in [2.45, 2.75) is 44.1 Å². The fourth-order valence-corrected chi connectivity index (χ4v) is 4.31. The van der Waals surface area contributed by atoms with Crippen LogP contribution in [0.3, 0.4) is 0 Å². The first-order chi connectivity index (χ1) is 13.5. The number of amides is 2. The van der Waals surface area contributed by atoms with Crippen LogP contribution in [-0.4, -0.2) is 67.9 Å². The number of hydrogen-bond acceptors (Lipinski definition) is 5. The summed E-state index contributed by atoms with van der Waals surface area (Å²) in [4.78, 5) is 25.4. The number of sulfonamides is 1. The third-order valence-corrected chi connectivity index (χ3v) is 6.16. The first kappa shape index (κ1) is 23.1. The Bertz CT molecular complexity index is 830. The highest BCUT2D eigenvalue weighted by Crippen LogP contribution is 2.18. The first-order valence-electron chi connectivity index (χ1n) is 9.49. The summed E-state index contributed by atoms with van der Waals surface area (Å²) in [6.45, 7) is 6.47. The number of nitrogens with one attached hydrogen (secondary N) is 1. The maximum atomic E-state index is 13.3. The molecule has 1 aliphatic rings. The van der Waals surface area contributed by atoms with Crippen LogP contribution in [0.2, 0.25) is 0 Å². The largest absolute Gasteiger partial charge is 0.444 e. The van der Waals surface area contributed by atoms with Gasteiger partial charge in [0.15, 0.2) is 0 Å². The molecule has 10 heteroatoms. The quantitative estimate of drug-likeness (QED) is 0.698. The number of carbonyl (C=O) groups is 2. The van der Waals surface area contributed by atoms with Crippen molar-refractivity contribution in [3.8, 4) is 0 Å². The van der Waals surface area contributed by atoms with Crippen molar-refractivity contribution >= 4 is 22.0 Å². The lowest BCUT2D eigenvalue weighted by molar-refractivity contribution is -0.132. The molecule has 1 aromatic rings. The van der Waals surface area contributed by atoms with Crippen molar-refractivity contribution in [2.24, 2.45) is 0 Å². The van der Waals surface area contributed by atoms with Gasteiger partial charge in [-0.15, -0.1) is 0 Å². The molecule has 0 atom stereocenters. The van der Waals surface area contributed by atoms with E-state index in [0.717, 1.165) is 6.07 Å². The van der Waals surface area contributed by atoms with Crippen molar-refractivity contribution in [1.29, 1.82) is 0 Å². The van der Waals surface area contributed by atoms with Crippen LogP contribution in [0.15, 0.2) is 29.2 Å². The van der Waals surface area contributed by atoms with Gasteiger partial charge in [-0.25, -0.2) is 17.6 Å². The molecule has 0 unspecified atom stereocenters. The Balaban J connectivity index is 1.76. The number of rotatable bonds is 6. The maximum absolute atomic E-state index is 13.3. The zero-order valence-electron chi connectivity index (χ0n) is 17.0. The van der Waals surface area contributed by atoms with Gasteiger partial charge < -0.3 is 15.0 Å². The summed E-state index contributed by atoms with van der Waals surface area (Å²) in [5.41, 5.74) is -0.578. The summed E-state index contributed by atoms with van der Waals surface area (Å²) in [5, 5.41) is 2.60. The Hall–Kier alpha value is -2.20. The molecule has 0 bridgehead atoms. The maximum Gasteiger partial charge on any atom is 0.407 e. The highest BCUT2D eigenvalue weighted by Gasteiger charge is 2.30. The number of alkyl carbamates (subject to hydrolysis) is 1. The lowest BCUT2D eigenvalue weighted by atomic mass is 10.2. The minimum atomic E-state index is -3.79. The predicted octanol–water partition coefficient (Wildman–Crippen LogP) is 1.96. The highest BCUT2D eigenvalue weighted by atomic mass is 32.2. The Morgan fingerprint density at radius 1 is 1.17 bits per heavy atom. The molecule has 1 aliphatic heterocycles. The molecule has 1 fully saturated rings. The summed E-state index contributed by atoms with van der Waals surface area (Å²) >= 11 is 0. The average Bonchev–Trinajstić information content (AvgIpc) is 2.64. The van der Waals surface area contributed by atoms with Crippen molar-refractivity contribution < 1.29 is 27.1 Å². The molecular weight excluding hydrogens is 401 g/mol. The van der Waals surface area contributed by atoms with Crippen LogP contribution in [0.4, 0.5) is 9.18 Å². The van der Waals surface area contributed by atoms with Crippen LogP contribution in [0.25, 0.3) is 0 Å². The molecule has 0 saturated carbocycles. The molecule has 2 rings (SSSR count). The molecule has 2 amide bonds. The van der Waals surface area contributed by atoms with E-state index < -0.39 is 27.5 Å². The minimum Gasteiger partial charge on any atom is -0.444 e. The van der Waals surface area contributed by atoms with Crippen LogP contribution in [0.5, 0.6) is 0 Å². The van der Waals surface area contributed by atoms with E-state index >= 15 is 0 Å². The van der Waals surface area contributed by atoms with E-state index in [-0.39, 0.29) is 43.4 Å². The van der Waals surface area contributed by atoms with Gasteiger partial charge in [0.05, 0.1) is 4.90 Å². The van der Waals surface area contributed by atoms with Gasteiger partial charge in [-0.1, -0.05) is 6.07 Å².